The highest BCUT2D eigenvalue weighted by Crippen LogP contribution is 2.31. The van der Waals surface area contributed by atoms with Crippen molar-refractivity contribution in [1.29, 1.82) is 0 Å². The lowest BCUT2D eigenvalue weighted by molar-refractivity contribution is -0.136. The van der Waals surface area contributed by atoms with Crippen molar-refractivity contribution in [1.82, 2.24) is 0 Å². The Bertz CT molecular complexity index is 691. The highest BCUT2D eigenvalue weighted by molar-refractivity contribution is 7.15. The second kappa shape index (κ2) is 6.16. The van der Waals surface area contributed by atoms with Crippen molar-refractivity contribution >= 4 is 22.9 Å². The number of carbonyl (C=O) groups excluding carboxylic acids is 1. The molecule has 0 aliphatic rings. The maximum absolute atomic E-state index is 14.2. The lowest BCUT2D eigenvalue weighted by Gasteiger charge is -2.23. The van der Waals surface area contributed by atoms with Crippen LogP contribution in [0, 0.1) is 12.7 Å². The van der Waals surface area contributed by atoms with E-state index in [0.717, 1.165) is 9.75 Å². The number of amides is 1. The molecule has 0 saturated heterocycles. The number of carbonyl (C=O) groups is 1. The Labute approximate surface area is 132 Å². The molecule has 0 fully saturated rings. The summed E-state index contributed by atoms with van der Waals surface area (Å²) in [5, 5.41) is 21.7. The molecular weight excluding hydrogens is 305 g/mol. The predicted molar refractivity (Wildman–Crippen MR) is 85.4 cm³/mol. The number of hydrogen-bond acceptors (Lipinski definition) is 4. The van der Waals surface area contributed by atoms with Crippen molar-refractivity contribution in [2.24, 2.45) is 0 Å². The number of aliphatic hydroxyl groups is 2. The Balaban J connectivity index is 2.18. The van der Waals surface area contributed by atoms with Gasteiger partial charge in [-0.2, -0.15) is 0 Å². The SMILES string of the molecule is Cc1ccc(-c2ccc(NC(=O)C(O)C(C)(C)O)cc2F)s1. The van der Waals surface area contributed by atoms with E-state index in [1.54, 1.807) is 12.1 Å². The van der Waals surface area contributed by atoms with Crippen LogP contribution in [-0.4, -0.2) is 27.8 Å². The number of hydrogen-bond donors (Lipinski definition) is 3. The fourth-order valence-electron chi connectivity index (χ4n) is 1.90. The maximum atomic E-state index is 14.2. The Hall–Kier alpha value is -1.76. The number of halogens is 1. The topological polar surface area (TPSA) is 69.6 Å². The molecule has 2 rings (SSSR count). The summed E-state index contributed by atoms with van der Waals surface area (Å²) < 4.78 is 14.2. The molecule has 1 atom stereocenters. The summed E-state index contributed by atoms with van der Waals surface area (Å²) in [5.74, 6) is -1.25. The molecule has 1 aromatic heterocycles. The molecule has 0 saturated carbocycles. The zero-order valence-corrected chi connectivity index (χ0v) is 13.4. The van der Waals surface area contributed by atoms with Crippen LogP contribution in [0.1, 0.15) is 18.7 Å². The minimum atomic E-state index is -1.60. The molecule has 0 spiro atoms. The third-order valence-electron chi connectivity index (χ3n) is 3.16. The van der Waals surface area contributed by atoms with Gasteiger partial charge in [0.25, 0.3) is 5.91 Å². The quantitative estimate of drug-likeness (QED) is 0.810. The van der Waals surface area contributed by atoms with Crippen LogP contribution in [0.15, 0.2) is 30.3 Å². The number of rotatable bonds is 4. The zero-order valence-electron chi connectivity index (χ0n) is 12.6. The fraction of sp³-hybridized carbons (Fsp3) is 0.312. The van der Waals surface area contributed by atoms with Gasteiger partial charge in [-0.25, -0.2) is 4.39 Å². The number of nitrogens with one attached hydrogen (secondary N) is 1. The van der Waals surface area contributed by atoms with Gasteiger partial charge in [-0.15, -0.1) is 11.3 Å². The van der Waals surface area contributed by atoms with E-state index < -0.39 is 23.4 Å². The van der Waals surface area contributed by atoms with E-state index in [9.17, 15) is 19.4 Å². The van der Waals surface area contributed by atoms with Crippen molar-refractivity contribution in [3.63, 3.8) is 0 Å². The van der Waals surface area contributed by atoms with Crippen molar-refractivity contribution in [2.75, 3.05) is 5.32 Å². The van der Waals surface area contributed by atoms with Gasteiger partial charge in [-0.05, 0) is 51.1 Å². The predicted octanol–water partition coefficient (Wildman–Crippen LogP) is 2.93. The van der Waals surface area contributed by atoms with E-state index >= 15 is 0 Å². The molecule has 0 aliphatic heterocycles. The summed E-state index contributed by atoms with van der Waals surface area (Å²) in [6, 6.07) is 8.08. The van der Waals surface area contributed by atoms with Crippen molar-refractivity contribution in [3.8, 4) is 10.4 Å². The molecule has 22 heavy (non-hydrogen) atoms. The average molecular weight is 323 g/mol. The van der Waals surface area contributed by atoms with Crippen LogP contribution in [0.2, 0.25) is 0 Å². The normalized spacial score (nSPS) is 13.0. The van der Waals surface area contributed by atoms with Crippen LogP contribution in [0.4, 0.5) is 10.1 Å². The maximum Gasteiger partial charge on any atom is 0.256 e. The minimum absolute atomic E-state index is 0.225. The van der Waals surface area contributed by atoms with Gasteiger partial charge < -0.3 is 15.5 Å². The van der Waals surface area contributed by atoms with Gasteiger partial charge in [0.1, 0.15) is 5.82 Å². The lowest BCUT2D eigenvalue weighted by atomic mass is 10.0. The van der Waals surface area contributed by atoms with Crippen LogP contribution in [-0.2, 0) is 4.79 Å². The van der Waals surface area contributed by atoms with Crippen LogP contribution in [0.3, 0.4) is 0 Å². The number of aliphatic hydroxyl groups excluding tert-OH is 1. The fourth-order valence-corrected chi connectivity index (χ4v) is 2.80. The lowest BCUT2D eigenvalue weighted by Crippen LogP contribution is -2.44. The molecule has 0 bridgehead atoms. The van der Waals surface area contributed by atoms with Crippen LogP contribution >= 0.6 is 11.3 Å². The molecule has 1 heterocycles. The molecule has 1 amide bonds. The van der Waals surface area contributed by atoms with E-state index in [0.29, 0.717) is 5.56 Å². The van der Waals surface area contributed by atoms with Gasteiger partial charge in [0.2, 0.25) is 0 Å². The Morgan fingerprint density at radius 1 is 1.32 bits per heavy atom. The molecule has 0 aliphatic carbocycles. The van der Waals surface area contributed by atoms with Crippen molar-refractivity contribution in [3.05, 3.63) is 41.0 Å². The molecule has 2 aromatic rings. The third kappa shape index (κ3) is 3.71. The minimum Gasteiger partial charge on any atom is -0.387 e. The smallest absolute Gasteiger partial charge is 0.256 e. The van der Waals surface area contributed by atoms with Gasteiger partial charge in [0.15, 0.2) is 6.10 Å². The highest BCUT2D eigenvalue weighted by Gasteiger charge is 2.31. The molecule has 3 N–H and O–H groups in total. The number of anilines is 1. The summed E-state index contributed by atoms with van der Waals surface area (Å²) in [4.78, 5) is 13.7. The van der Waals surface area contributed by atoms with Gasteiger partial charge in [-0.3, -0.25) is 4.79 Å². The standard InChI is InChI=1S/C16H18FNO3S/c1-9-4-7-13(22-9)11-6-5-10(8-12(11)17)18-15(20)14(19)16(2,3)21/h4-8,14,19,21H,1-3H3,(H,18,20). The van der Waals surface area contributed by atoms with Gasteiger partial charge in [-0.1, -0.05) is 0 Å². The molecule has 4 nitrogen and oxygen atoms in total. The first kappa shape index (κ1) is 16.6. The van der Waals surface area contributed by atoms with Crippen LogP contribution in [0.5, 0.6) is 0 Å². The Kier molecular flexibility index (Phi) is 4.65. The second-order valence-electron chi connectivity index (χ2n) is 5.65. The zero-order chi connectivity index (χ0) is 16.5. The van der Waals surface area contributed by atoms with Gasteiger partial charge >= 0.3 is 0 Å². The molecule has 1 aromatic carbocycles. The molecule has 0 radical (unpaired) electrons. The highest BCUT2D eigenvalue weighted by atomic mass is 32.1. The Morgan fingerprint density at radius 2 is 2.00 bits per heavy atom. The van der Waals surface area contributed by atoms with E-state index in [1.807, 2.05) is 19.1 Å². The number of thiophene rings is 1. The first-order chi connectivity index (χ1) is 10.2. The monoisotopic (exact) mass is 323 g/mol. The second-order valence-corrected chi connectivity index (χ2v) is 6.94. The number of benzene rings is 1. The molecule has 6 heteroatoms. The summed E-state index contributed by atoms with van der Waals surface area (Å²) in [6.45, 7) is 4.58. The van der Waals surface area contributed by atoms with E-state index in [4.69, 9.17) is 0 Å². The van der Waals surface area contributed by atoms with Crippen LogP contribution in [0.25, 0.3) is 10.4 Å². The van der Waals surface area contributed by atoms with E-state index in [2.05, 4.69) is 5.32 Å². The number of aryl methyl sites for hydroxylation is 1. The van der Waals surface area contributed by atoms with Crippen LogP contribution < -0.4 is 5.32 Å². The summed E-state index contributed by atoms with van der Waals surface area (Å²) >= 11 is 1.48. The van der Waals surface area contributed by atoms with E-state index in [-0.39, 0.29) is 5.69 Å². The summed E-state index contributed by atoms with van der Waals surface area (Å²) in [6.07, 6.45) is -1.60. The van der Waals surface area contributed by atoms with Crippen molar-refractivity contribution < 1.29 is 19.4 Å². The van der Waals surface area contributed by atoms with E-state index in [1.165, 1.54) is 31.3 Å². The first-order valence-electron chi connectivity index (χ1n) is 6.76. The molecule has 118 valence electrons. The van der Waals surface area contributed by atoms with Gasteiger partial charge in [0.05, 0.1) is 5.60 Å². The summed E-state index contributed by atoms with van der Waals surface area (Å²) in [5.41, 5.74) is -0.890. The third-order valence-corrected chi connectivity index (χ3v) is 4.19. The summed E-state index contributed by atoms with van der Waals surface area (Å²) in [7, 11) is 0. The largest absolute Gasteiger partial charge is 0.387 e. The average Bonchev–Trinajstić information content (AvgIpc) is 2.83. The van der Waals surface area contributed by atoms with Crippen molar-refractivity contribution in [2.45, 2.75) is 32.5 Å². The molecular formula is C16H18FNO3S. The van der Waals surface area contributed by atoms with Gasteiger partial charge in [0, 0.05) is 21.0 Å². The molecule has 1 unspecified atom stereocenters. The first-order valence-corrected chi connectivity index (χ1v) is 7.58. The Morgan fingerprint density at radius 3 is 2.50 bits per heavy atom.